The average Bonchev–Trinajstić information content (AvgIpc) is 2.83. The summed E-state index contributed by atoms with van der Waals surface area (Å²) >= 11 is 12.4. The molecule has 1 unspecified atom stereocenters. The van der Waals surface area contributed by atoms with E-state index in [4.69, 9.17) is 40.1 Å². The number of carbonyl (C=O) groups is 1. The monoisotopic (exact) mass is 381 g/mol. The Balaban J connectivity index is 2.80. The van der Waals surface area contributed by atoms with Gasteiger partial charge in [-0.2, -0.15) is 4.68 Å². The van der Waals surface area contributed by atoms with Crippen molar-refractivity contribution in [3.63, 3.8) is 0 Å². The Morgan fingerprint density at radius 1 is 1.36 bits per heavy atom. The number of rotatable bonds is 4. The van der Waals surface area contributed by atoms with Crippen LogP contribution in [0.5, 0.6) is 0 Å². The molecule has 6 nitrogen and oxygen atoms in total. The minimum atomic E-state index is -0.845. The number of halogens is 2. The van der Waals surface area contributed by atoms with Crippen LogP contribution in [0.1, 0.15) is 26.3 Å². The van der Waals surface area contributed by atoms with Crippen molar-refractivity contribution >= 4 is 35.1 Å². The zero-order valence-electron chi connectivity index (χ0n) is 13.8. The molecule has 2 aromatic rings. The second-order valence-corrected chi connectivity index (χ2v) is 6.15. The Kier molecular flexibility index (Phi) is 5.83. The minimum Gasteiger partial charge on any atom is -0.435 e. The van der Waals surface area contributed by atoms with E-state index in [1.54, 1.807) is 25.1 Å². The zero-order valence-corrected chi connectivity index (χ0v) is 15.3. The summed E-state index contributed by atoms with van der Waals surface area (Å²) in [5.41, 5.74) is 5.95. The van der Waals surface area contributed by atoms with E-state index in [9.17, 15) is 9.59 Å². The number of carbonyl (C=O) groups excluding carboxylic acids is 1. The van der Waals surface area contributed by atoms with Gasteiger partial charge in [-0.15, -0.1) is 6.42 Å². The van der Waals surface area contributed by atoms with Gasteiger partial charge in [-0.3, -0.25) is 4.79 Å². The van der Waals surface area contributed by atoms with Crippen LogP contribution in [0.15, 0.2) is 23.0 Å². The van der Waals surface area contributed by atoms with Gasteiger partial charge in [-0.25, -0.2) is 9.48 Å². The lowest BCUT2D eigenvalue weighted by atomic mass is 10.1. The number of anilines is 1. The molecule has 1 aromatic carbocycles. The molecule has 1 heterocycles. The van der Waals surface area contributed by atoms with Gasteiger partial charge in [-0.05, 0) is 25.5 Å². The van der Waals surface area contributed by atoms with Gasteiger partial charge in [0.1, 0.15) is 5.82 Å². The standard InChI is InChI=1S/C17H17Cl2N3O3/c1-4-9-25-17(24)22-15(20)14(16(23)21(22)10(3)5-2)13-11(18)7-6-8-12(13)19/h1,6-8,10H,5,9,20H2,2-3H3. The number of nitrogens with zero attached hydrogens (tertiary/aromatic N) is 2. The fourth-order valence-corrected chi connectivity index (χ4v) is 3.02. The van der Waals surface area contributed by atoms with E-state index in [0.29, 0.717) is 6.42 Å². The molecule has 0 saturated carbocycles. The summed E-state index contributed by atoms with van der Waals surface area (Å²) < 4.78 is 7.14. The minimum absolute atomic E-state index is 0.0496. The van der Waals surface area contributed by atoms with E-state index in [2.05, 4.69) is 5.92 Å². The molecule has 132 valence electrons. The van der Waals surface area contributed by atoms with Crippen molar-refractivity contribution in [2.75, 3.05) is 12.3 Å². The van der Waals surface area contributed by atoms with Crippen LogP contribution in [-0.2, 0) is 4.74 Å². The van der Waals surface area contributed by atoms with Crippen molar-refractivity contribution in [1.29, 1.82) is 0 Å². The van der Waals surface area contributed by atoms with Crippen LogP contribution in [0.2, 0.25) is 10.0 Å². The summed E-state index contributed by atoms with van der Waals surface area (Å²) in [7, 11) is 0. The van der Waals surface area contributed by atoms with E-state index in [1.165, 1.54) is 4.68 Å². The maximum atomic E-state index is 13.0. The van der Waals surface area contributed by atoms with Gasteiger partial charge in [-0.1, -0.05) is 42.1 Å². The Labute approximate surface area is 155 Å². The van der Waals surface area contributed by atoms with Crippen LogP contribution in [0.3, 0.4) is 0 Å². The van der Waals surface area contributed by atoms with Crippen LogP contribution in [-0.4, -0.2) is 22.1 Å². The quantitative estimate of drug-likeness (QED) is 0.816. The molecule has 0 spiro atoms. The van der Waals surface area contributed by atoms with Gasteiger partial charge >= 0.3 is 6.09 Å². The lowest BCUT2D eigenvalue weighted by molar-refractivity contribution is 0.151. The molecule has 0 saturated heterocycles. The first-order valence-electron chi connectivity index (χ1n) is 7.53. The van der Waals surface area contributed by atoms with Crippen LogP contribution >= 0.6 is 23.2 Å². The predicted molar refractivity (Wildman–Crippen MR) is 99.1 cm³/mol. The maximum absolute atomic E-state index is 13.0. The first-order valence-corrected chi connectivity index (χ1v) is 8.28. The van der Waals surface area contributed by atoms with E-state index >= 15 is 0 Å². The van der Waals surface area contributed by atoms with Crippen molar-refractivity contribution in [3.8, 4) is 23.5 Å². The number of ether oxygens (including phenoxy) is 1. The van der Waals surface area contributed by atoms with E-state index in [-0.39, 0.29) is 39.6 Å². The molecule has 8 heteroatoms. The lowest BCUT2D eigenvalue weighted by Gasteiger charge is -2.15. The third kappa shape index (κ3) is 3.39. The number of benzene rings is 1. The first kappa shape index (κ1) is 19.0. The largest absolute Gasteiger partial charge is 0.436 e. The SMILES string of the molecule is C#CCOC(=O)n1c(N)c(-c2c(Cl)cccc2Cl)c(=O)n1C(C)CC. The second-order valence-electron chi connectivity index (χ2n) is 5.33. The molecule has 2 N–H and O–H groups in total. The molecular weight excluding hydrogens is 365 g/mol. The third-order valence-electron chi connectivity index (χ3n) is 3.79. The molecular formula is C17H17Cl2N3O3. The van der Waals surface area contributed by atoms with Gasteiger partial charge in [0, 0.05) is 5.56 Å². The molecule has 1 aromatic heterocycles. The number of hydrogen-bond acceptors (Lipinski definition) is 4. The van der Waals surface area contributed by atoms with E-state index in [1.807, 2.05) is 6.92 Å². The highest BCUT2D eigenvalue weighted by Gasteiger charge is 2.28. The average molecular weight is 382 g/mol. The molecule has 2 rings (SSSR count). The summed E-state index contributed by atoms with van der Waals surface area (Å²) in [6.45, 7) is 3.41. The van der Waals surface area contributed by atoms with Gasteiger partial charge in [0.2, 0.25) is 0 Å². The normalized spacial score (nSPS) is 11.8. The Morgan fingerprint density at radius 2 is 1.96 bits per heavy atom. The van der Waals surface area contributed by atoms with Crippen molar-refractivity contribution in [1.82, 2.24) is 9.36 Å². The van der Waals surface area contributed by atoms with Crippen molar-refractivity contribution in [3.05, 3.63) is 38.6 Å². The smallest absolute Gasteiger partial charge is 0.435 e. The van der Waals surface area contributed by atoms with Gasteiger partial charge in [0.05, 0.1) is 21.7 Å². The number of aromatic nitrogens is 2. The van der Waals surface area contributed by atoms with E-state index in [0.717, 1.165) is 4.68 Å². The molecule has 0 fully saturated rings. The van der Waals surface area contributed by atoms with Crippen LogP contribution in [0, 0.1) is 12.3 Å². The Hall–Kier alpha value is -2.36. The summed E-state index contributed by atoms with van der Waals surface area (Å²) in [6, 6.07) is 4.51. The summed E-state index contributed by atoms with van der Waals surface area (Å²) in [5, 5.41) is 0.503. The first-order chi connectivity index (χ1) is 11.8. The fourth-order valence-electron chi connectivity index (χ4n) is 2.43. The number of nitrogen functional groups attached to an aromatic ring is 1. The molecule has 25 heavy (non-hydrogen) atoms. The topological polar surface area (TPSA) is 79.2 Å². The molecule has 1 atom stereocenters. The van der Waals surface area contributed by atoms with E-state index < -0.39 is 11.7 Å². The van der Waals surface area contributed by atoms with Crippen molar-refractivity contribution in [2.45, 2.75) is 26.3 Å². The summed E-state index contributed by atoms with van der Waals surface area (Å²) in [6.07, 6.45) is 4.85. The predicted octanol–water partition coefficient (Wildman–Crippen LogP) is 3.79. The zero-order chi connectivity index (χ0) is 18.7. The van der Waals surface area contributed by atoms with Crippen molar-refractivity contribution < 1.29 is 9.53 Å². The molecule has 0 radical (unpaired) electrons. The molecule has 0 aliphatic carbocycles. The Morgan fingerprint density at radius 3 is 2.48 bits per heavy atom. The molecule has 0 amide bonds. The summed E-state index contributed by atoms with van der Waals surface area (Å²) in [4.78, 5) is 25.4. The highest BCUT2D eigenvalue weighted by Crippen LogP contribution is 2.36. The highest BCUT2D eigenvalue weighted by molar-refractivity contribution is 6.39. The van der Waals surface area contributed by atoms with Gasteiger partial charge < -0.3 is 10.5 Å². The molecule has 0 bridgehead atoms. The Bertz CT molecular complexity index is 889. The van der Waals surface area contributed by atoms with Crippen LogP contribution < -0.4 is 11.3 Å². The van der Waals surface area contributed by atoms with Crippen LogP contribution in [0.25, 0.3) is 11.1 Å². The highest BCUT2D eigenvalue weighted by atomic mass is 35.5. The third-order valence-corrected chi connectivity index (χ3v) is 4.42. The van der Waals surface area contributed by atoms with Gasteiger partial charge in [0.25, 0.3) is 5.56 Å². The number of terminal acetylenes is 1. The molecule has 0 aliphatic heterocycles. The maximum Gasteiger partial charge on any atom is 0.436 e. The van der Waals surface area contributed by atoms with Gasteiger partial charge in [0.15, 0.2) is 6.61 Å². The fraction of sp³-hybridized carbons (Fsp3) is 0.294. The summed E-state index contributed by atoms with van der Waals surface area (Å²) in [5.74, 6) is 2.09. The van der Waals surface area contributed by atoms with Crippen molar-refractivity contribution in [2.24, 2.45) is 0 Å². The second kappa shape index (κ2) is 7.68. The number of hydrogen-bond donors (Lipinski definition) is 1. The van der Waals surface area contributed by atoms with Crippen LogP contribution in [0.4, 0.5) is 10.6 Å². The lowest BCUT2D eigenvalue weighted by Crippen LogP contribution is -2.31. The molecule has 0 aliphatic rings. The number of nitrogens with two attached hydrogens (primary N) is 1.